The van der Waals surface area contributed by atoms with Crippen molar-refractivity contribution in [1.29, 1.82) is 0 Å². The van der Waals surface area contributed by atoms with E-state index >= 15 is 0 Å². The summed E-state index contributed by atoms with van der Waals surface area (Å²) < 4.78 is 0. The molecule has 1 aliphatic rings. The Balaban J connectivity index is 2.11. The van der Waals surface area contributed by atoms with Crippen molar-refractivity contribution in [1.82, 2.24) is 0 Å². The van der Waals surface area contributed by atoms with E-state index in [-0.39, 0.29) is 0 Å². The molecule has 0 bridgehead atoms. The van der Waals surface area contributed by atoms with Crippen LogP contribution in [-0.4, -0.2) is 5.88 Å². The SMILES string of the molecule is ClC/C=C/CC1[C]=Cc2ccccc21. The van der Waals surface area contributed by atoms with Gasteiger partial charge in [0.2, 0.25) is 0 Å². The summed E-state index contributed by atoms with van der Waals surface area (Å²) in [4.78, 5) is 0. The number of halogens is 1. The Morgan fingerprint density at radius 1 is 1.29 bits per heavy atom. The molecule has 0 aliphatic heterocycles. The van der Waals surface area contributed by atoms with Gasteiger partial charge in [0.15, 0.2) is 0 Å². The van der Waals surface area contributed by atoms with Crippen molar-refractivity contribution in [2.75, 3.05) is 5.88 Å². The van der Waals surface area contributed by atoms with Crippen LogP contribution in [0.1, 0.15) is 23.5 Å². The highest BCUT2D eigenvalue weighted by molar-refractivity contribution is 6.18. The van der Waals surface area contributed by atoms with E-state index < -0.39 is 0 Å². The summed E-state index contributed by atoms with van der Waals surface area (Å²) in [6, 6.07) is 8.45. The summed E-state index contributed by atoms with van der Waals surface area (Å²) >= 11 is 5.57. The first-order valence-corrected chi connectivity index (χ1v) is 5.34. The average Bonchev–Trinajstić information content (AvgIpc) is 2.63. The lowest BCUT2D eigenvalue weighted by molar-refractivity contribution is 0.859. The zero-order valence-electron chi connectivity index (χ0n) is 7.91. The minimum Gasteiger partial charge on any atom is -0.122 e. The molecule has 0 aromatic heterocycles. The van der Waals surface area contributed by atoms with Gasteiger partial charge in [0, 0.05) is 11.8 Å². The molecule has 0 N–H and O–H groups in total. The molecule has 1 aliphatic carbocycles. The normalized spacial score (nSPS) is 19.1. The van der Waals surface area contributed by atoms with E-state index in [2.05, 4.69) is 42.5 Å². The lowest BCUT2D eigenvalue weighted by Gasteiger charge is -2.06. The number of benzene rings is 1. The van der Waals surface area contributed by atoms with Crippen LogP contribution in [0.15, 0.2) is 36.4 Å². The third-order valence-corrected chi connectivity index (χ3v) is 2.62. The minimum absolute atomic E-state index is 0.422. The Hall–Kier alpha value is -1.01. The van der Waals surface area contributed by atoms with Crippen LogP contribution in [0, 0.1) is 6.08 Å². The summed E-state index contributed by atoms with van der Waals surface area (Å²) in [7, 11) is 0. The van der Waals surface area contributed by atoms with Crippen LogP contribution in [0.25, 0.3) is 6.08 Å². The van der Waals surface area contributed by atoms with E-state index in [4.69, 9.17) is 11.6 Å². The molecule has 1 aromatic carbocycles. The fraction of sp³-hybridized carbons (Fsp3) is 0.231. The van der Waals surface area contributed by atoms with Gasteiger partial charge in [-0.25, -0.2) is 0 Å². The zero-order chi connectivity index (χ0) is 9.80. The predicted octanol–water partition coefficient (Wildman–Crippen LogP) is 3.79. The highest BCUT2D eigenvalue weighted by atomic mass is 35.5. The topological polar surface area (TPSA) is 0 Å². The Bertz CT molecular complexity index is 363. The van der Waals surface area contributed by atoms with Crippen molar-refractivity contribution in [3.63, 3.8) is 0 Å². The van der Waals surface area contributed by atoms with Crippen molar-refractivity contribution in [3.05, 3.63) is 53.6 Å². The molecule has 1 unspecified atom stereocenters. The maximum absolute atomic E-state index is 5.57. The van der Waals surface area contributed by atoms with Crippen LogP contribution in [0.5, 0.6) is 0 Å². The van der Waals surface area contributed by atoms with Crippen molar-refractivity contribution in [2.24, 2.45) is 0 Å². The molecular weight excluding hydrogens is 192 g/mol. The Kier molecular flexibility index (Phi) is 3.05. The van der Waals surface area contributed by atoms with E-state index in [1.807, 2.05) is 6.08 Å². The second-order valence-electron chi connectivity index (χ2n) is 3.35. The third kappa shape index (κ3) is 1.91. The lowest BCUT2D eigenvalue weighted by atomic mass is 9.98. The van der Waals surface area contributed by atoms with Gasteiger partial charge in [-0.05, 0) is 23.6 Å². The first-order valence-electron chi connectivity index (χ1n) is 4.81. The van der Waals surface area contributed by atoms with Crippen LogP contribution in [-0.2, 0) is 0 Å². The monoisotopic (exact) mass is 203 g/mol. The fourth-order valence-electron chi connectivity index (χ4n) is 1.73. The quantitative estimate of drug-likeness (QED) is 0.518. The molecule has 14 heavy (non-hydrogen) atoms. The van der Waals surface area contributed by atoms with Crippen molar-refractivity contribution in [2.45, 2.75) is 12.3 Å². The van der Waals surface area contributed by atoms with Crippen LogP contribution in [0.3, 0.4) is 0 Å². The third-order valence-electron chi connectivity index (χ3n) is 2.44. The number of rotatable bonds is 3. The van der Waals surface area contributed by atoms with Crippen LogP contribution >= 0.6 is 11.6 Å². The predicted molar refractivity (Wildman–Crippen MR) is 61.4 cm³/mol. The molecule has 1 aromatic rings. The lowest BCUT2D eigenvalue weighted by Crippen LogP contribution is -1.91. The molecule has 1 heteroatoms. The molecule has 0 heterocycles. The van der Waals surface area contributed by atoms with Crippen molar-refractivity contribution < 1.29 is 0 Å². The van der Waals surface area contributed by atoms with Gasteiger partial charge in [0.1, 0.15) is 0 Å². The van der Waals surface area contributed by atoms with Gasteiger partial charge in [-0.1, -0.05) is 42.5 Å². The van der Waals surface area contributed by atoms with Gasteiger partial charge in [0.05, 0.1) is 0 Å². The molecule has 0 amide bonds. The van der Waals surface area contributed by atoms with Crippen LogP contribution in [0.4, 0.5) is 0 Å². The van der Waals surface area contributed by atoms with E-state index in [0.29, 0.717) is 11.8 Å². The maximum atomic E-state index is 5.57. The summed E-state index contributed by atoms with van der Waals surface area (Å²) in [5.41, 5.74) is 2.68. The molecule has 2 rings (SSSR count). The molecular formula is C13H12Cl. The van der Waals surface area contributed by atoms with Gasteiger partial charge in [-0.2, -0.15) is 0 Å². The molecule has 1 atom stereocenters. The van der Waals surface area contributed by atoms with E-state index in [1.165, 1.54) is 11.1 Å². The average molecular weight is 204 g/mol. The van der Waals surface area contributed by atoms with Gasteiger partial charge in [-0.3, -0.25) is 0 Å². The molecule has 71 valence electrons. The Morgan fingerprint density at radius 2 is 2.14 bits per heavy atom. The van der Waals surface area contributed by atoms with Crippen molar-refractivity contribution in [3.8, 4) is 0 Å². The van der Waals surface area contributed by atoms with Gasteiger partial charge >= 0.3 is 0 Å². The second kappa shape index (κ2) is 4.47. The van der Waals surface area contributed by atoms with Crippen LogP contribution < -0.4 is 0 Å². The summed E-state index contributed by atoms with van der Waals surface area (Å²) in [5.74, 6) is 1.02. The Labute approximate surface area is 89.9 Å². The van der Waals surface area contributed by atoms with Crippen molar-refractivity contribution >= 4 is 17.7 Å². The first-order chi connectivity index (χ1) is 6.92. The maximum Gasteiger partial charge on any atom is 0.0404 e. The highest BCUT2D eigenvalue weighted by Gasteiger charge is 2.14. The van der Waals surface area contributed by atoms with Crippen LogP contribution in [0.2, 0.25) is 0 Å². The highest BCUT2D eigenvalue weighted by Crippen LogP contribution is 2.31. The summed E-state index contributed by atoms with van der Waals surface area (Å²) in [5, 5.41) is 0. The largest absolute Gasteiger partial charge is 0.122 e. The number of alkyl halides is 1. The molecule has 0 nitrogen and oxygen atoms in total. The number of allylic oxidation sites excluding steroid dienone is 3. The smallest absolute Gasteiger partial charge is 0.0404 e. The Morgan fingerprint density at radius 3 is 3.00 bits per heavy atom. The van der Waals surface area contributed by atoms with E-state index in [1.54, 1.807) is 0 Å². The molecule has 1 radical (unpaired) electrons. The second-order valence-corrected chi connectivity index (χ2v) is 3.66. The number of hydrogen-bond donors (Lipinski definition) is 0. The molecule has 0 saturated carbocycles. The first kappa shape index (κ1) is 9.54. The number of fused-ring (bicyclic) bond motifs is 1. The summed E-state index contributed by atoms with van der Waals surface area (Å²) in [6.07, 6.45) is 10.6. The minimum atomic E-state index is 0.422. The summed E-state index contributed by atoms with van der Waals surface area (Å²) in [6.45, 7) is 0. The van der Waals surface area contributed by atoms with Gasteiger partial charge in [-0.15, -0.1) is 11.6 Å². The number of hydrogen-bond acceptors (Lipinski definition) is 0. The standard InChI is InChI=1S/C13H12Cl/c14-10-4-3-6-12-9-8-11-5-1-2-7-13(11)12/h1-5,7-8,12H,6,10H2/b4-3+. The van der Waals surface area contributed by atoms with Gasteiger partial charge < -0.3 is 0 Å². The fourth-order valence-corrected chi connectivity index (χ4v) is 1.86. The molecule has 0 spiro atoms. The van der Waals surface area contributed by atoms with E-state index in [0.717, 1.165) is 6.42 Å². The molecule has 0 saturated heterocycles. The van der Waals surface area contributed by atoms with E-state index in [9.17, 15) is 0 Å². The molecule has 0 fully saturated rings. The van der Waals surface area contributed by atoms with Gasteiger partial charge in [0.25, 0.3) is 0 Å². The zero-order valence-corrected chi connectivity index (χ0v) is 8.67.